The van der Waals surface area contributed by atoms with Gasteiger partial charge in [0.2, 0.25) is 0 Å². The van der Waals surface area contributed by atoms with E-state index in [9.17, 15) is 4.57 Å². The molecule has 0 aromatic heterocycles. The number of terminal acetylenes is 1. The first-order valence-electron chi connectivity index (χ1n) is 5.05. The topological polar surface area (TPSA) is 35.5 Å². The minimum Gasteiger partial charge on any atom is -0.299 e. The third-order valence-corrected chi connectivity index (χ3v) is 3.04. The molecule has 0 radical (unpaired) electrons. The highest BCUT2D eigenvalue weighted by Crippen LogP contribution is 2.46. The van der Waals surface area contributed by atoms with Gasteiger partial charge in [-0.15, -0.1) is 6.42 Å². The van der Waals surface area contributed by atoms with Crippen LogP contribution < -0.4 is 0 Å². The first-order valence-corrected chi connectivity index (χ1v) is 6.59. The summed E-state index contributed by atoms with van der Waals surface area (Å²) >= 11 is 0. The van der Waals surface area contributed by atoms with E-state index in [0.29, 0.717) is 13.2 Å². The normalized spacial score (nSPS) is 11.2. The quantitative estimate of drug-likeness (QED) is 0.356. The number of hydrogen-bond acceptors (Lipinski definition) is 3. The Kier molecular flexibility index (Phi) is 7.89. The van der Waals surface area contributed by atoms with E-state index in [4.69, 9.17) is 15.5 Å². The molecule has 0 aromatic carbocycles. The van der Waals surface area contributed by atoms with Gasteiger partial charge in [0.15, 0.2) is 0 Å². The van der Waals surface area contributed by atoms with Gasteiger partial charge in [-0.1, -0.05) is 26.7 Å². The molecule has 0 rings (SSSR count). The molecule has 82 valence electrons. The number of unbranched alkanes of at least 4 members (excludes halogenated alkanes) is 2. The lowest BCUT2D eigenvalue weighted by molar-refractivity contribution is 0.209. The monoisotopic (exact) mass is 218 g/mol. The van der Waals surface area contributed by atoms with Crippen molar-refractivity contribution in [3.05, 3.63) is 0 Å². The van der Waals surface area contributed by atoms with Crippen LogP contribution in [-0.4, -0.2) is 13.2 Å². The second-order valence-electron chi connectivity index (χ2n) is 3.00. The van der Waals surface area contributed by atoms with Crippen LogP contribution in [0.1, 0.15) is 39.5 Å². The molecule has 0 bridgehead atoms. The zero-order chi connectivity index (χ0) is 10.9. The minimum atomic E-state index is -3.23. The minimum absolute atomic E-state index is 0.407. The smallest absolute Gasteiger partial charge is 0.299 e. The van der Waals surface area contributed by atoms with Crippen molar-refractivity contribution in [3.8, 4) is 12.1 Å². The van der Waals surface area contributed by atoms with Gasteiger partial charge in [0.25, 0.3) is 0 Å². The first-order chi connectivity index (χ1) is 6.68. The van der Waals surface area contributed by atoms with E-state index >= 15 is 0 Å². The van der Waals surface area contributed by atoms with Crippen LogP contribution in [0, 0.1) is 12.1 Å². The molecule has 0 aliphatic heterocycles. The Morgan fingerprint density at radius 3 is 1.86 bits per heavy atom. The molecule has 0 heterocycles. The summed E-state index contributed by atoms with van der Waals surface area (Å²) < 4.78 is 21.8. The third kappa shape index (κ3) is 6.21. The molecular weight excluding hydrogens is 199 g/mol. The Hall–Kier alpha value is -0.290. The lowest BCUT2D eigenvalue weighted by Gasteiger charge is -2.12. The molecule has 0 aliphatic rings. The van der Waals surface area contributed by atoms with E-state index in [0.717, 1.165) is 25.7 Å². The summed E-state index contributed by atoms with van der Waals surface area (Å²) in [6.45, 7) is 4.87. The molecule has 0 aliphatic carbocycles. The van der Waals surface area contributed by atoms with Gasteiger partial charge >= 0.3 is 7.60 Å². The van der Waals surface area contributed by atoms with Gasteiger partial charge in [-0.2, -0.15) is 0 Å². The average molecular weight is 218 g/mol. The van der Waals surface area contributed by atoms with E-state index < -0.39 is 7.60 Å². The lowest BCUT2D eigenvalue weighted by Crippen LogP contribution is -1.97. The van der Waals surface area contributed by atoms with Crippen LogP contribution in [0.25, 0.3) is 0 Å². The Balaban J connectivity index is 3.82. The molecule has 0 spiro atoms. The molecule has 4 heteroatoms. The second-order valence-corrected chi connectivity index (χ2v) is 4.77. The summed E-state index contributed by atoms with van der Waals surface area (Å²) in [5, 5.41) is 0. The van der Waals surface area contributed by atoms with E-state index in [1.807, 2.05) is 13.8 Å². The van der Waals surface area contributed by atoms with Gasteiger partial charge in [0, 0.05) is 5.66 Å². The van der Waals surface area contributed by atoms with Gasteiger partial charge < -0.3 is 0 Å². The van der Waals surface area contributed by atoms with Crippen molar-refractivity contribution in [3.63, 3.8) is 0 Å². The fraction of sp³-hybridized carbons (Fsp3) is 0.800. The zero-order valence-corrected chi connectivity index (χ0v) is 9.89. The number of hydrogen-bond donors (Lipinski definition) is 0. The highest BCUT2D eigenvalue weighted by Gasteiger charge is 2.20. The van der Waals surface area contributed by atoms with Crippen LogP contribution in [0.2, 0.25) is 0 Å². The fourth-order valence-electron chi connectivity index (χ4n) is 0.770. The van der Waals surface area contributed by atoms with Gasteiger partial charge in [0.1, 0.15) is 0 Å². The summed E-state index contributed by atoms with van der Waals surface area (Å²) in [5.74, 6) is 0. The maximum absolute atomic E-state index is 11.7. The molecule has 0 fully saturated rings. The standard InChI is InChI=1S/C10H19O3P/c1-4-7-9-12-14(11,6-3)13-10-8-5-2/h3H,4-5,7-10H2,1-2H3. The van der Waals surface area contributed by atoms with E-state index in [-0.39, 0.29) is 0 Å². The Labute approximate surface area is 86.7 Å². The van der Waals surface area contributed by atoms with Crippen molar-refractivity contribution in [2.75, 3.05) is 13.2 Å². The fourth-order valence-corrected chi connectivity index (χ4v) is 1.73. The zero-order valence-electron chi connectivity index (χ0n) is 8.99. The summed E-state index contributed by atoms with van der Waals surface area (Å²) in [5.41, 5.74) is 2.11. The molecule has 0 unspecified atom stereocenters. The molecule has 0 saturated heterocycles. The molecule has 0 N–H and O–H groups in total. The van der Waals surface area contributed by atoms with Crippen LogP contribution in [0.15, 0.2) is 0 Å². The van der Waals surface area contributed by atoms with Crippen LogP contribution in [-0.2, 0) is 13.6 Å². The Morgan fingerprint density at radius 1 is 1.14 bits per heavy atom. The number of rotatable bonds is 8. The van der Waals surface area contributed by atoms with Gasteiger partial charge in [-0.25, -0.2) is 4.57 Å². The van der Waals surface area contributed by atoms with Crippen molar-refractivity contribution in [1.29, 1.82) is 0 Å². The van der Waals surface area contributed by atoms with Crippen molar-refractivity contribution in [2.45, 2.75) is 39.5 Å². The van der Waals surface area contributed by atoms with Crippen molar-refractivity contribution in [2.24, 2.45) is 0 Å². The van der Waals surface area contributed by atoms with Crippen LogP contribution in [0.4, 0.5) is 0 Å². The molecule has 0 aromatic rings. The van der Waals surface area contributed by atoms with Gasteiger partial charge in [-0.3, -0.25) is 9.05 Å². The maximum atomic E-state index is 11.7. The largest absolute Gasteiger partial charge is 0.405 e. The molecular formula is C10H19O3P. The summed E-state index contributed by atoms with van der Waals surface area (Å²) in [7, 11) is -3.23. The van der Waals surface area contributed by atoms with Crippen LogP contribution in [0.3, 0.4) is 0 Å². The van der Waals surface area contributed by atoms with E-state index in [1.165, 1.54) is 0 Å². The molecule has 0 atom stereocenters. The molecule has 14 heavy (non-hydrogen) atoms. The Morgan fingerprint density at radius 2 is 1.57 bits per heavy atom. The summed E-state index contributed by atoms with van der Waals surface area (Å²) in [6, 6.07) is 0. The van der Waals surface area contributed by atoms with Crippen molar-refractivity contribution in [1.82, 2.24) is 0 Å². The highest BCUT2D eigenvalue weighted by molar-refractivity contribution is 7.59. The summed E-state index contributed by atoms with van der Waals surface area (Å²) in [4.78, 5) is 0. The maximum Gasteiger partial charge on any atom is 0.405 e. The first kappa shape index (κ1) is 13.7. The Bertz CT molecular complexity index is 206. The predicted molar refractivity (Wildman–Crippen MR) is 58.2 cm³/mol. The average Bonchev–Trinajstić information content (AvgIpc) is 2.19. The molecule has 0 saturated carbocycles. The van der Waals surface area contributed by atoms with E-state index in [2.05, 4.69) is 5.66 Å². The second kappa shape index (κ2) is 8.05. The SMILES string of the molecule is C#CP(=O)(OCCCC)OCCCC. The van der Waals surface area contributed by atoms with Crippen LogP contribution in [0.5, 0.6) is 0 Å². The van der Waals surface area contributed by atoms with Crippen molar-refractivity contribution < 1.29 is 13.6 Å². The van der Waals surface area contributed by atoms with Gasteiger partial charge in [-0.05, 0) is 12.8 Å². The highest BCUT2D eigenvalue weighted by atomic mass is 31.2. The van der Waals surface area contributed by atoms with Crippen LogP contribution >= 0.6 is 7.60 Å². The molecule has 3 nitrogen and oxygen atoms in total. The predicted octanol–water partition coefficient (Wildman–Crippen LogP) is 3.40. The van der Waals surface area contributed by atoms with Crippen molar-refractivity contribution >= 4 is 7.60 Å². The summed E-state index contributed by atoms with van der Waals surface area (Å²) in [6.07, 6.45) is 8.78. The molecule has 0 amide bonds. The van der Waals surface area contributed by atoms with Gasteiger partial charge in [0.05, 0.1) is 13.2 Å². The van der Waals surface area contributed by atoms with E-state index in [1.54, 1.807) is 0 Å². The lowest BCUT2D eigenvalue weighted by atomic mass is 10.4. The third-order valence-electron chi connectivity index (χ3n) is 1.68.